The van der Waals surface area contributed by atoms with Crippen LogP contribution < -0.4 is 4.90 Å². The number of pyridine rings is 1. The summed E-state index contributed by atoms with van der Waals surface area (Å²) in [6.45, 7) is 0.189. The number of amides is 1. The van der Waals surface area contributed by atoms with Crippen LogP contribution in [0.2, 0.25) is 0 Å². The van der Waals surface area contributed by atoms with Crippen molar-refractivity contribution in [3.8, 4) is 16.7 Å². The highest BCUT2D eigenvalue weighted by Crippen LogP contribution is 2.22. The number of aromatic nitrogens is 3. The van der Waals surface area contributed by atoms with Gasteiger partial charge in [0, 0.05) is 43.9 Å². The lowest BCUT2D eigenvalue weighted by molar-refractivity contribution is 0.162. The van der Waals surface area contributed by atoms with Crippen molar-refractivity contribution in [2.24, 2.45) is 7.05 Å². The van der Waals surface area contributed by atoms with Crippen molar-refractivity contribution in [1.29, 1.82) is 5.26 Å². The number of rotatable bonds is 5. The number of nitrogens with zero attached hydrogens (tertiary/aromatic N) is 5. The number of aryl methyl sites for hydroxylation is 1. The van der Waals surface area contributed by atoms with Crippen LogP contribution in [0.15, 0.2) is 30.6 Å². The van der Waals surface area contributed by atoms with Gasteiger partial charge in [0.05, 0.1) is 5.69 Å². The smallest absolute Gasteiger partial charge is 0.415 e. The molecule has 0 unspecified atom stereocenters. The zero-order valence-corrected chi connectivity index (χ0v) is 13.1. The second-order valence-electron chi connectivity index (χ2n) is 4.37. The molecule has 22 heavy (non-hydrogen) atoms. The molecule has 0 aliphatic rings. The van der Waals surface area contributed by atoms with E-state index in [9.17, 15) is 4.79 Å². The maximum atomic E-state index is 12.0. The van der Waals surface area contributed by atoms with Crippen LogP contribution in [0.5, 0.6) is 0 Å². The van der Waals surface area contributed by atoms with Crippen molar-refractivity contribution in [3.63, 3.8) is 0 Å². The Kier molecular flexibility index (Phi) is 5.38. The Bertz CT molecular complexity index is 680. The zero-order chi connectivity index (χ0) is 15.9. The first-order valence-corrected chi connectivity index (χ1v) is 7.48. The lowest BCUT2D eigenvalue weighted by Gasteiger charge is -2.16. The van der Waals surface area contributed by atoms with E-state index in [0.29, 0.717) is 11.6 Å². The van der Waals surface area contributed by atoms with Crippen LogP contribution in [-0.2, 0) is 11.8 Å². The third-order valence-electron chi connectivity index (χ3n) is 2.91. The number of carbonyl (C=O) groups is 1. The van der Waals surface area contributed by atoms with Crippen molar-refractivity contribution in [1.82, 2.24) is 14.8 Å². The van der Waals surface area contributed by atoms with Crippen molar-refractivity contribution in [3.05, 3.63) is 30.6 Å². The van der Waals surface area contributed by atoms with Gasteiger partial charge in [0.2, 0.25) is 0 Å². The van der Waals surface area contributed by atoms with E-state index in [1.165, 1.54) is 4.90 Å². The van der Waals surface area contributed by atoms with Crippen LogP contribution in [0.3, 0.4) is 0 Å². The minimum atomic E-state index is -0.487. The van der Waals surface area contributed by atoms with Crippen LogP contribution in [0.1, 0.15) is 0 Å². The zero-order valence-electron chi connectivity index (χ0n) is 12.3. The summed E-state index contributed by atoms with van der Waals surface area (Å²) in [4.78, 5) is 17.4. The molecule has 0 fully saturated rings. The van der Waals surface area contributed by atoms with Gasteiger partial charge in [-0.05, 0) is 23.9 Å². The normalized spacial score (nSPS) is 10.0. The first-order valence-electron chi connectivity index (χ1n) is 6.49. The first-order chi connectivity index (χ1) is 10.6. The Morgan fingerprint density at radius 3 is 3.09 bits per heavy atom. The highest BCUT2D eigenvalue weighted by atomic mass is 32.2. The molecule has 2 aromatic heterocycles. The maximum absolute atomic E-state index is 12.0. The number of hydrogen-bond donors (Lipinski definition) is 0. The van der Waals surface area contributed by atoms with Crippen LogP contribution >= 0.6 is 11.8 Å². The van der Waals surface area contributed by atoms with Crippen LogP contribution in [0, 0.1) is 10.7 Å². The van der Waals surface area contributed by atoms with Crippen LogP contribution in [-0.4, -0.2) is 40.3 Å². The van der Waals surface area contributed by atoms with Gasteiger partial charge in [-0.3, -0.25) is 14.6 Å². The highest BCUT2D eigenvalue weighted by molar-refractivity contribution is 8.03. The quantitative estimate of drug-likeness (QED) is 0.621. The number of nitriles is 1. The SMILES string of the molecule is CN(C(=O)OCCSC#N)c1cc(-c2cccnc2)nn1C. The van der Waals surface area contributed by atoms with Gasteiger partial charge in [-0.15, -0.1) is 0 Å². The molecule has 0 saturated heterocycles. The first kappa shape index (κ1) is 15.9. The molecule has 0 bridgehead atoms. The maximum Gasteiger partial charge on any atom is 0.415 e. The fourth-order valence-electron chi connectivity index (χ4n) is 1.83. The largest absolute Gasteiger partial charge is 0.448 e. The van der Waals surface area contributed by atoms with E-state index < -0.39 is 6.09 Å². The Morgan fingerprint density at radius 1 is 1.59 bits per heavy atom. The Labute approximate surface area is 132 Å². The number of anilines is 1. The van der Waals surface area contributed by atoms with E-state index in [1.807, 2.05) is 17.5 Å². The van der Waals surface area contributed by atoms with Crippen molar-refractivity contribution >= 4 is 23.7 Å². The molecule has 114 valence electrons. The van der Waals surface area contributed by atoms with Gasteiger partial charge >= 0.3 is 6.09 Å². The third-order valence-corrected chi connectivity index (χ3v) is 3.41. The predicted molar refractivity (Wildman–Crippen MR) is 84.3 cm³/mol. The van der Waals surface area contributed by atoms with Gasteiger partial charge in [-0.2, -0.15) is 10.4 Å². The van der Waals surface area contributed by atoms with E-state index in [0.717, 1.165) is 23.0 Å². The molecule has 0 spiro atoms. The van der Waals surface area contributed by atoms with E-state index in [2.05, 4.69) is 10.1 Å². The summed E-state index contributed by atoms with van der Waals surface area (Å²) in [5.74, 6) is 1.05. The number of thioether (sulfide) groups is 1. The summed E-state index contributed by atoms with van der Waals surface area (Å²) >= 11 is 1.05. The standard InChI is InChI=1S/C14H15N5O2S/c1-18(14(20)21-6-7-22-10-15)13-8-12(17-19(13)2)11-4-3-5-16-9-11/h3-5,8-9H,6-7H2,1-2H3. The van der Waals surface area contributed by atoms with Crippen molar-refractivity contribution < 1.29 is 9.53 Å². The fraction of sp³-hybridized carbons (Fsp3) is 0.286. The molecule has 8 heteroatoms. The summed E-state index contributed by atoms with van der Waals surface area (Å²) in [6.07, 6.45) is 2.92. The molecular weight excluding hydrogens is 302 g/mol. The van der Waals surface area contributed by atoms with Crippen LogP contribution in [0.4, 0.5) is 10.6 Å². The summed E-state index contributed by atoms with van der Waals surface area (Å²) in [5, 5.41) is 14.7. The average Bonchev–Trinajstić information content (AvgIpc) is 2.93. The summed E-state index contributed by atoms with van der Waals surface area (Å²) in [6, 6.07) is 5.52. The fourth-order valence-corrected chi connectivity index (χ4v) is 2.09. The van der Waals surface area contributed by atoms with E-state index in [4.69, 9.17) is 10.00 Å². The van der Waals surface area contributed by atoms with E-state index in [1.54, 1.807) is 37.2 Å². The molecule has 2 heterocycles. The van der Waals surface area contributed by atoms with E-state index in [-0.39, 0.29) is 6.61 Å². The van der Waals surface area contributed by atoms with Gasteiger partial charge < -0.3 is 4.74 Å². The highest BCUT2D eigenvalue weighted by Gasteiger charge is 2.17. The lowest BCUT2D eigenvalue weighted by Crippen LogP contribution is -2.29. The summed E-state index contributed by atoms with van der Waals surface area (Å²) in [5.41, 5.74) is 1.60. The van der Waals surface area contributed by atoms with Gasteiger partial charge in [0.1, 0.15) is 17.8 Å². The van der Waals surface area contributed by atoms with Crippen molar-refractivity contribution in [2.45, 2.75) is 0 Å². The number of hydrogen-bond acceptors (Lipinski definition) is 6. The number of ether oxygens (including phenoxy) is 1. The Morgan fingerprint density at radius 2 is 2.41 bits per heavy atom. The van der Waals surface area contributed by atoms with Gasteiger partial charge in [-0.25, -0.2) is 4.79 Å². The minimum Gasteiger partial charge on any atom is -0.448 e. The Hall–Kier alpha value is -2.53. The molecule has 0 N–H and O–H groups in total. The molecule has 7 nitrogen and oxygen atoms in total. The van der Waals surface area contributed by atoms with Gasteiger partial charge in [0.25, 0.3) is 0 Å². The summed E-state index contributed by atoms with van der Waals surface area (Å²) < 4.78 is 6.70. The molecule has 0 radical (unpaired) electrons. The number of carbonyl (C=O) groups excluding carboxylic acids is 1. The molecule has 1 amide bonds. The summed E-state index contributed by atoms with van der Waals surface area (Å²) in [7, 11) is 3.37. The Balaban J connectivity index is 2.07. The molecule has 0 aliphatic heterocycles. The van der Waals surface area contributed by atoms with Gasteiger partial charge in [-0.1, -0.05) is 0 Å². The lowest BCUT2D eigenvalue weighted by atomic mass is 10.2. The molecule has 0 saturated carbocycles. The van der Waals surface area contributed by atoms with Gasteiger partial charge in [0.15, 0.2) is 0 Å². The average molecular weight is 317 g/mol. The third kappa shape index (κ3) is 3.77. The molecular formula is C14H15N5O2S. The minimum absolute atomic E-state index is 0.189. The predicted octanol–water partition coefficient (Wildman–Crippen LogP) is 2.27. The molecule has 0 aromatic carbocycles. The molecule has 2 rings (SSSR count). The topological polar surface area (TPSA) is 84.0 Å². The van der Waals surface area contributed by atoms with Crippen LogP contribution in [0.25, 0.3) is 11.3 Å². The molecule has 2 aromatic rings. The molecule has 0 aliphatic carbocycles. The van der Waals surface area contributed by atoms with Crippen molar-refractivity contribution in [2.75, 3.05) is 24.3 Å². The number of thiocyanates is 1. The molecule has 0 atom stereocenters. The second kappa shape index (κ2) is 7.47. The van der Waals surface area contributed by atoms with E-state index >= 15 is 0 Å². The second-order valence-corrected chi connectivity index (χ2v) is 5.25. The monoisotopic (exact) mass is 317 g/mol.